The first kappa shape index (κ1) is 12.1. The van der Waals surface area contributed by atoms with Crippen molar-refractivity contribution in [1.82, 2.24) is 0 Å². The van der Waals surface area contributed by atoms with Crippen molar-refractivity contribution in [2.75, 3.05) is 0 Å². The van der Waals surface area contributed by atoms with Gasteiger partial charge in [0, 0.05) is 6.32 Å². The molecule has 96 valence electrons. The van der Waals surface area contributed by atoms with Gasteiger partial charge in [-0.3, -0.25) is 0 Å². The zero-order chi connectivity index (χ0) is 13.2. The van der Waals surface area contributed by atoms with Crippen molar-refractivity contribution in [1.29, 1.82) is 0 Å². The Morgan fingerprint density at radius 3 is 2.79 bits per heavy atom. The molecule has 19 heavy (non-hydrogen) atoms. The highest BCUT2D eigenvalue weighted by Gasteiger charge is 2.34. The van der Waals surface area contributed by atoms with Crippen LogP contribution in [0.15, 0.2) is 36.4 Å². The molecule has 0 saturated carbocycles. The summed E-state index contributed by atoms with van der Waals surface area (Å²) in [5, 5.41) is 1.91. The molecule has 1 aliphatic heterocycles. The predicted molar refractivity (Wildman–Crippen MR) is 75.5 cm³/mol. The van der Waals surface area contributed by atoms with Gasteiger partial charge in [0.05, 0.1) is 0 Å². The fourth-order valence-electron chi connectivity index (χ4n) is 2.39. The smallest absolute Gasteiger partial charge is 0.525 e. The van der Waals surface area contributed by atoms with E-state index in [0.717, 1.165) is 29.9 Å². The molecule has 0 N–H and O–H groups in total. The fraction of sp³-hybridized carbons (Fsp3) is 0.267. The van der Waals surface area contributed by atoms with Crippen LogP contribution in [0.5, 0.6) is 5.75 Å². The van der Waals surface area contributed by atoms with Crippen LogP contribution in [0, 0.1) is 0 Å². The van der Waals surface area contributed by atoms with Crippen LogP contribution in [-0.4, -0.2) is 13.1 Å². The van der Waals surface area contributed by atoms with Gasteiger partial charge in [-0.15, -0.1) is 0 Å². The van der Waals surface area contributed by atoms with Crippen molar-refractivity contribution in [3.63, 3.8) is 0 Å². The monoisotopic (exact) mass is 254 g/mol. The molecule has 0 radical (unpaired) electrons. The summed E-state index contributed by atoms with van der Waals surface area (Å²) >= 11 is 0. The lowest BCUT2D eigenvalue weighted by atomic mass is 9.80. The predicted octanol–water partition coefficient (Wildman–Crippen LogP) is 3.68. The van der Waals surface area contributed by atoms with Gasteiger partial charge in [0.1, 0.15) is 11.3 Å². The number of hydrogen-bond acceptors (Lipinski definition) is 3. The normalized spacial score (nSPS) is 13.9. The van der Waals surface area contributed by atoms with Crippen LogP contribution in [0.1, 0.15) is 30.1 Å². The van der Waals surface area contributed by atoms with Crippen LogP contribution in [0.25, 0.3) is 10.8 Å². The molecule has 0 atom stereocenters. The molecule has 0 bridgehead atoms. The lowest BCUT2D eigenvalue weighted by molar-refractivity contribution is 0.0680. The van der Waals surface area contributed by atoms with E-state index in [1.165, 1.54) is 0 Å². The summed E-state index contributed by atoms with van der Waals surface area (Å²) in [5.41, 5.74) is 0.547. The van der Waals surface area contributed by atoms with Gasteiger partial charge in [-0.05, 0) is 16.8 Å². The molecule has 0 spiro atoms. The van der Waals surface area contributed by atoms with Crippen LogP contribution in [0.4, 0.5) is 0 Å². The first-order valence-corrected chi connectivity index (χ1v) is 6.69. The minimum atomic E-state index is -0.443. The Labute approximate surface area is 112 Å². The zero-order valence-electron chi connectivity index (χ0n) is 10.9. The summed E-state index contributed by atoms with van der Waals surface area (Å²) in [4.78, 5) is 12.2. The van der Waals surface area contributed by atoms with E-state index in [4.69, 9.17) is 9.31 Å². The average molecular weight is 254 g/mol. The Morgan fingerprint density at radius 1 is 1.11 bits per heavy atom. The Morgan fingerprint density at radius 2 is 1.95 bits per heavy atom. The third-order valence-electron chi connectivity index (χ3n) is 3.39. The molecular weight excluding hydrogens is 239 g/mol. The molecule has 0 aliphatic carbocycles. The second-order valence-corrected chi connectivity index (χ2v) is 4.75. The van der Waals surface area contributed by atoms with E-state index < -0.39 is 7.12 Å². The Balaban J connectivity index is 2.01. The Kier molecular flexibility index (Phi) is 3.16. The van der Waals surface area contributed by atoms with Crippen molar-refractivity contribution < 1.29 is 14.1 Å². The van der Waals surface area contributed by atoms with Gasteiger partial charge in [-0.2, -0.15) is 0 Å². The molecule has 1 heterocycles. The van der Waals surface area contributed by atoms with E-state index in [1.807, 2.05) is 36.4 Å². The number of benzene rings is 2. The van der Waals surface area contributed by atoms with E-state index in [2.05, 4.69) is 6.92 Å². The molecule has 3 nitrogen and oxygen atoms in total. The van der Waals surface area contributed by atoms with Gasteiger partial charge >= 0.3 is 13.1 Å². The molecule has 1 aliphatic rings. The molecule has 0 fully saturated rings. The van der Waals surface area contributed by atoms with Crippen LogP contribution in [0.3, 0.4) is 0 Å². The van der Waals surface area contributed by atoms with Crippen LogP contribution < -0.4 is 4.65 Å². The van der Waals surface area contributed by atoms with Crippen LogP contribution >= 0.6 is 0 Å². The van der Waals surface area contributed by atoms with E-state index >= 15 is 0 Å². The van der Waals surface area contributed by atoms with E-state index in [1.54, 1.807) is 0 Å². The molecule has 0 amide bonds. The summed E-state index contributed by atoms with van der Waals surface area (Å²) in [5.74, 6) is 0.357. The standard InChI is InChI=1S/C15H15BO3/c1-2-3-10-16-18-13-9-8-11-6-4-5-7-12(11)14(13)15(17)19-16/h4-9H,2-3,10H2,1H3. The number of carbonyl (C=O) groups excluding carboxylic acids is 1. The summed E-state index contributed by atoms with van der Waals surface area (Å²) in [7, 11) is -0.443. The maximum Gasteiger partial charge on any atom is 0.596 e. The molecule has 4 heteroatoms. The number of hydrogen-bond donors (Lipinski definition) is 0. The van der Waals surface area contributed by atoms with E-state index in [9.17, 15) is 4.79 Å². The van der Waals surface area contributed by atoms with Crippen LogP contribution in [-0.2, 0) is 4.65 Å². The van der Waals surface area contributed by atoms with E-state index in [0.29, 0.717) is 11.3 Å². The topological polar surface area (TPSA) is 35.5 Å². The second kappa shape index (κ2) is 4.96. The lowest BCUT2D eigenvalue weighted by Crippen LogP contribution is -2.34. The van der Waals surface area contributed by atoms with Gasteiger partial charge < -0.3 is 9.31 Å². The molecule has 0 saturated heterocycles. The number of carbonyl (C=O) groups is 1. The zero-order valence-corrected chi connectivity index (χ0v) is 10.9. The van der Waals surface area contributed by atoms with Gasteiger partial charge in [0.15, 0.2) is 0 Å². The lowest BCUT2D eigenvalue weighted by Gasteiger charge is -2.23. The Bertz CT molecular complexity index is 624. The van der Waals surface area contributed by atoms with Crippen molar-refractivity contribution in [3.05, 3.63) is 42.0 Å². The molecule has 3 rings (SSSR count). The summed E-state index contributed by atoms with van der Waals surface area (Å²) in [6.45, 7) is 2.10. The third-order valence-corrected chi connectivity index (χ3v) is 3.39. The fourth-order valence-corrected chi connectivity index (χ4v) is 2.39. The largest absolute Gasteiger partial charge is 0.596 e. The molecule has 0 aromatic heterocycles. The highest BCUT2D eigenvalue weighted by molar-refractivity contribution is 6.49. The van der Waals surface area contributed by atoms with Gasteiger partial charge in [0.2, 0.25) is 0 Å². The quantitative estimate of drug-likeness (QED) is 0.784. The molecule has 0 unspecified atom stereocenters. The molecule has 2 aromatic rings. The molecular formula is C15H15BO3. The summed E-state index contributed by atoms with van der Waals surface area (Å²) in [6, 6.07) is 11.6. The minimum absolute atomic E-state index is 0.279. The van der Waals surface area contributed by atoms with Crippen molar-refractivity contribution in [2.45, 2.75) is 26.1 Å². The van der Waals surface area contributed by atoms with E-state index in [-0.39, 0.29) is 5.97 Å². The van der Waals surface area contributed by atoms with Crippen LogP contribution in [0.2, 0.25) is 6.32 Å². The SMILES string of the molecule is CCCCB1OC(=O)c2c(ccc3ccccc23)O1. The molecule has 2 aromatic carbocycles. The number of rotatable bonds is 3. The second-order valence-electron chi connectivity index (χ2n) is 4.75. The third kappa shape index (κ3) is 2.18. The Hall–Kier alpha value is -1.97. The summed E-state index contributed by atoms with van der Waals surface area (Å²) < 4.78 is 11.1. The van der Waals surface area contributed by atoms with Gasteiger partial charge in [0.25, 0.3) is 0 Å². The van der Waals surface area contributed by atoms with Crippen molar-refractivity contribution >= 4 is 23.9 Å². The first-order valence-electron chi connectivity index (χ1n) is 6.69. The average Bonchev–Trinajstić information content (AvgIpc) is 2.44. The highest BCUT2D eigenvalue weighted by atomic mass is 16.6. The number of unbranched alkanes of at least 4 members (excludes halogenated alkanes) is 1. The van der Waals surface area contributed by atoms with Crippen molar-refractivity contribution in [3.8, 4) is 5.75 Å². The number of fused-ring (bicyclic) bond motifs is 3. The minimum Gasteiger partial charge on any atom is -0.525 e. The maximum atomic E-state index is 12.2. The maximum absolute atomic E-state index is 12.2. The van der Waals surface area contributed by atoms with Gasteiger partial charge in [-0.1, -0.05) is 50.1 Å². The summed E-state index contributed by atoms with van der Waals surface area (Å²) in [6.07, 6.45) is 2.79. The first-order chi connectivity index (χ1) is 9.29. The van der Waals surface area contributed by atoms with Crippen molar-refractivity contribution in [2.24, 2.45) is 0 Å². The highest BCUT2D eigenvalue weighted by Crippen LogP contribution is 2.32. The van der Waals surface area contributed by atoms with Gasteiger partial charge in [-0.25, -0.2) is 4.79 Å².